The molecule has 1 aliphatic heterocycles. The number of nitrogens with zero attached hydrogens (tertiary/aromatic N) is 2. The molecule has 0 aliphatic carbocycles. The molecule has 1 aliphatic rings. The van der Waals surface area contributed by atoms with Crippen molar-refractivity contribution in [2.75, 3.05) is 18.6 Å². The van der Waals surface area contributed by atoms with E-state index in [9.17, 15) is 9.59 Å². The molecule has 0 N–H and O–H groups in total. The van der Waals surface area contributed by atoms with E-state index in [1.807, 2.05) is 30.3 Å². The Morgan fingerprint density at radius 1 is 1.36 bits per heavy atom. The minimum Gasteiger partial charge on any atom is -0.466 e. The molecule has 3 rings (SSSR count). The Bertz CT molecular complexity index is 715. The molecule has 0 bridgehead atoms. The van der Waals surface area contributed by atoms with Gasteiger partial charge in [-0.05, 0) is 11.6 Å². The number of benzene rings is 1. The predicted molar refractivity (Wildman–Crippen MR) is 78.7 cm³/mol. The number of esters is 1. The molecule has 0 saturated carbocycles. The van der Waals surface area contributed by atoms with E-state index in [0.717, 1.165) is 5.56 Å². The number of carbonyl (C=O) groups excluding carboxylic acids is 2. The zero-order valence-corrected chi connectivity index (χ0v) is 12.0. The summed E-state index contributed by atoms with van der Waals surface area (Å²) in [6.45, 7) is 0.326. The summed E-state index contributed by atoms with van der Waals surface area (Å²) < 4.78 is 10.0. The van der Waals surface area contributed by atoms with Gasteiger partial charge in [-0.3, -0.25) is 4.79 Å². The summed E-state index contributed by atoms with van der Waals surface area (Å²) in [5.74, 6) is -0.351. The van der Waals surface area contributed by atoms with Gasteiger partial charge in [0.25, 0.3) is 5.91 Å². The Hall–Kier alpha value is -2.89. The number of carbonyl (C=O) groups is 2. The van der Waals surface area contributed by atoms with Crippen LogP contribution in [0.1, 0.15) is 15.9 Å². The number of hydrogen-bond donors (Lipinski definition) is 0. The monoisotopic (exact) mass is 298 g/mol. The Morgan fingerprint density at radius 2 is 2.14 bits per heavy atom. The van der Waals surface area contributed by atoms with Crippen molar-refractivity contribution in [2.24, 2.45) is 0 Å². The van der Waals surface area contributed by atoms with Crippen molar-refractivity contribution >= 4 is 17.6 Å². The maximum atomic E-state index is 12.2. The van der Waals surface area contributed by atoms with Crippen molar-refractivity contribution in [3.8, 4) is 5.88 Å². The Labute approximate surface area is 127 Å². The second-order valence-corrected chi connectivity index (χ2v) is 4.79. The van der Waals surface area contributed by atoms with Gasteiger partial charge in [0, 0.05) is 6.20 Å². The van der Waals surface area contributed by atoms with E-state index < -0.39 is 5.97 Å². The molecule has 6 nitrogen and oxygen atoms in total. The van der Waals surface area contributed by atoms with Gasteiger partial charge in [0.15, 0.2) is 6.61 Å². The highest BCUT2D eigenvalue weighted by molar-refractivity contribution is 5.99. The molecule has 1 aromatic carbocycles. The van der Waals surface area contributed by atoms with Crippen LogP contribution in [0.25, 0.3) is 0 Å². The van der Waals surface area contributed by atoms with E-state index in [4.69, 9.17) is 4.74 Å². The van der Waals surface area contributed by atoms with Gasteiger partial charge in [-0.1, -0.05) is 30.3 Å². The number of amides is 1. The number of aromatic nitrogens is 1. The lowest BCUT2D eigenvalue weighted by Gasteiger charge is -2.28. The first kappa shape index (κ1) is 14.1. The average molecular weight is 298 g/mol. The highest BCUT2D eigenvalue weighted by atomic mass is 16.5. The van der Waals surface area contributed by atoms with Crippen LogP contribution in [0.15, 0.2) is 42.6 Å². The summed E-state index contributed by atoms with van der Waals surface area (Å²) in [4.78, 5) is 29.5. The summed E-state index contributed by atoms with van der Waals surface area (Å²) in [6, 6.07) is 11.2. The van der Waals surface area contributed by atoms with Crippen LogP contribution in [-0.2, 0) is 16.1 Å². The normalized spacial score (nSPS) is 13.3. The molecule has 0 saturated heterocycles. The van der Waals surface area contributed by atoms with Gasteiger partial charge in [0.1, 0.15) is 5.69 Å². The van der Waals surface area contributed by atoms with Crippen molar-refractivity contribution in [2.45, 2.75) is 6.54 Å². The number of rotatable bonds is 3. The van der Waals surface area contributed by atoms with Crippen LogP contribution in [0, 0.1) is 0 Å². The molecule has 1 aromatic heterocycles. The molecule has 0 radical (unpaired) electrons. The topological polar surface area (TPSA) is 68.7 Å². The van der Waals surface area contributed by atoms with Crippen molar-refractivity contribution in [1.82, 2.24) is 4.98 Å². The maximum Gasteiger partial charge on any atom is 0.339 e. The molecule has 0 atom stereocenters. The van der Waals surface area contributed by atoms with Gasteiger partial charge in [-0.25, -0.2) is 9.78 Å². The fraction of sp³-hybridized carbons (Fsp3) is 0.188. The second-order valence-electron chi connectivity index (χ2n) is 4.79. The van der Waals surface area contributed by atoms with Gasteiger partial charge in [-0.2, -0.15) is 0 Å². The predicted octanol–water partition coefficient (Wildman–Crippen LogP) is 1.79. The first-order chi connectivity index (χ1) is 10.7. The van der Waals surface area contributed by atoms with Crippen LogP contribution >= 0.6 is 0 Å². The molecular weight excluding hydrogens is 284 g/mol. The minimum absolute atomic E-state index is 0.0651. The molecule has 2 heterocycles. The highest BCUT2D eigenvalue weighted by Crippen LogP contribution is 2.32. The van der Waals surface area contributed by atoms with E-state index >= 15 is 0 Å². The summed E-state index contributed by atoms with van der Waals surface area (Å²) in [5, 5.41) is 0. The molecule has 112 valence electrons. The first-order valence-electron chi connectivity index (χ1n) is 6.74. The van der Waals surface area contributed by atoms with E-state index in [0.29, 0.717) is 18.1 Å². The smallest absolute Gasteiger partial charge is 0.339 e. The number of methoxy groups -OCH3 is 1. The number of anilines is 1. The third-order valence-electron chi connectivity index (χ3n) is 3.36. The van der Waals surface area contributed by atoms with Gasteiger partial charge in [0.05, 0.1) is 19.2 Å². The van der Waals surface area contributed by atoms with Gasteiger partial charge < -0.3 is 14.4 Å². The van der Waals surface area contributed by atoms with E-state index in [1.165, 1.54) is 13.3 Å². The van der Waals surface area contributed by atoms with E-state index in [2.05, 4.69) is 9.72 Å². The summed E-state index contributed by atoms with van der Waals surface area (Å²) in [7, 11) is 1.30. The Balaban J connectivity index is 1.98. The standard InChI is InChI=1S/C16H14N2O4/c1-21-16(20)12-7-13-15(17-8-12)22-10-14(19)18(13)9-11-5-3-2-4-6-11/h2-8H,9-10H2,1H3. The quantitative estimate of drug-likeness (QED) is 0.808. The fourth-order valence-corrected chi connectivity index (χ4v) is 2.26. The average Bonchev–Trinajstić information content (AvgIpc) is 2.57. The number of fused-ring (bicyclic) bond motifs is 1. The van der Waals surface area contributed by atoms with Crippen molar-refractivity contribution in [3.63, 3.8) is 0 Å². The Morgan fingerprint density at radius 3 is 2.86 bits per heavy atom. The van der Waals surface area contributed by atoms with Crippen molar-refractivity contribution < 1.29 is 19.1 Å². The Kier molecular flexibility index (Phi) is 3.74. The maximum absolute atomic E-state index is 12.2. The SMILES string of the molecule is COC(=O)c1cnc2c(c1)N(Cc1ccccc1)C(=O)CO2. The number of hydrogen-bond acceptors (Lipinski definition) is 5. The zero-order valence-electron chi connectivity index (χ0n) is 12.0. The largest absolute Gasteiger partial charge is 0.466 e. The molecule has 0 fully saturated rings. The molecule has 1 amide bonds. The molecule has 0 spiro atoms. The lowest BCUT2D eigenvalue weighted by molar-refractivity contribution is -0.121. The second kappa shape index (κ2) is 5.85. The first-order valence-corrected chi connectivity index (χ1v) is 6.74. The van der Waals surface area contributed by atoms with Gasteiger partial charge >= 0.3 is 5.97 Å². The molecule has 0 unspecified atom stereocenters. The number of ether oxygens (including phenoxy) is 2. The zero-order chi connectivity index (χ0) is 15.5. The van der Waals surface area contributed by atoms with E-state index in [1.54, 1.807) is 11.0 Å². The van der Waals surface area contributed by atoms with Crippen molar-refractivity contribution in [1.29, 1.82) is 0 Å². The third-order valence-corrected chi connectivity index (χ3v) is 3.36. The summed E-state index contributed by atoms with van der Waals surface area (Å²) in [5.41, 5.74) is 1.73. The van der Waals surface area contributed by atoms with Crippen LogP contribution in [0.3, 0.4) is 0 Å². The molecule has 6 heteroatoms. The van der Waals surface area contributed by atoms with Gasteiger partial charge in [0.2, 0.25) is 5.88 Å². The third kappa shape index (κ3) is 2.63. The lowest BCUT2D eigenvalue weighted by Crippen LogP contribution is -2.38. The van der Waals surface area contributed by atoms with Crippen LogP contribution in [0.4, 0.5) is 5.69 Å². The molecule has 22 heavy (non-hydrogen) atoms. The van der Waals surface area contributed by atoms with Crippen molar-refractivity contribution in [3.05, 3.63) is 53.7 Å². The van der Waals surface area contributed by atoms with Crippen LogP contribution in [0.5, 0.6) is 5.88 Å². The van der Waals surface area contributed by atoms with Gasteiger partial charge in [-0.15, -0.1) is 0 Å². The fourth-order valence-electron chi connectivity index (χ4n) is 2.26. The van der Waals surface area contributed by atoms with Crippen LogP contribution in [0.2, 0.25) is 0 Å². The number of pyridine rings is 1. The van der Waals surface area contributed by atoms with Crippen LogP contribution in [-0.4, -0.2) is 30.6 Å². The lowest BCUT2D eigenvalue weighted by atomic mass is 10.1. The van der Waals surface area contributed by atoms with E-state index in [-0.39, 0.29) is 18.1 Å². The minimum atomic E-state index is -0.506. The summed E-state index contributed by atoms with van der Waals surface area (Å²) in [6.07, 6.45) is 1.38. The summed E-state index contributed by atoms with van der Waals surface area (Å²) >= 11 is 0. The highest BCUT2D eigenvalue weighted by Gasteiger charge is 2.28. The van der Waals surface area contributed by atoms with Crippen LogP contribution < -0.4 is 9.64 Å². The molecule has 2 aromatic rings. The molecular formula is C16H14N2O4.